The Labute approximate surface area is 138 Å². The van der Waals surface area contributed by atoms with Gasteiger partial charge in [0.2, 0.25) is 0 Å². The van der Waals surface area contributed by atoms with Crippen LogP contribution in [-0.4, -0.2) is 11.6 Å². The number of hydrogen-bond donors (Lipinski definition) is 0. The third-order valence-electron chi connectivity index (χ3n) is 4.04. The van der Waals surface area contributed by atoms with E-state index in [9.17, 15) is 9.59 Å². The van der Waals surface area contributed by atoms with E-state index in [2.05, 4.69) is 0 Å². The van der Waals surface area contributed by atoms with Crippen molar-refractivity contribution >= 4 is 11.6 Å². The molecule has 2 rings (SSSR count). The van der Waals surface area contributed by atoms with Crippen LogP contribution in [-0.2, 0) is 0 Å². The Bertz CT molecular complexity index is 725. The molecule has 0 bridgehead atoms. The molecule has 2 aromatic carbocycles. The van der Waals surface area contributed by atoms with Gasteiger partial charge in [-0.05, 0) is 23.6 Å². The van der Waals surface area contributed by atoms with Gasteiger partial charge in [0.05, 0.1) is 0 Å². The van der Waals surface area contributed by atoms with Crippen molar-refractivity contribution in [2.24, 2.45) is 11.8 Å². The van der Waals surface area contributed by atoms with Gasteiger partial charge < -0.3 is 0 Å². The van der Waals surface area contributed by atoms with Gasteiger partial charge in [0.25, 0.3) is 0 Å². The average molecular weight is 308 g/mol. The molecule has 0 N–H and O–H groups in total. The zero-order valence-corrected chi connectivity index (χ0v) is 14.5. The number of hydrogen-bond acceptors (Lipinski definition) is 2. The quantitative estimate of drug-likeness (QED) is 0.699. The Balaban J connectivity index is 2.82. The van der Waals surface area contributed by atoms with Crippen molar-refractivity contribution in [3.63, 3.8) is 0 Å². The molecule has 0 atom stereocenters. The fraction of sp³-hybridized carbons (Fsp3) is 0.333. The Morgan fingerprint density at radius 2 is 1.35 bits per heavy atom. The van der Waals surface area contributed by atoms with E-state index in [1.807, 2.05) is 71.0 Å². The fourth-order valence-electron chi connectivity index (χ4n) is 2.74. The molecule has 0 unspecified atom stereocenters. The number of carbonyl (C=O) groups excluding carboxylic acids is 2. The number of carbonyl (C=O) groups is 2. The Morgan fingerprint density at radius 3 is 1.87 bits per heavy atom. The highest BCUT2D eigenvalue weighted by molar-refractivity contribution is 6.14. The summed E-state index contributed by atoms with van der Waals surface area (Å²) in [7, 11) is 0. The van der Waals surface area contributed by atoms with E-state index in [-0.39, 0.29) is 23.4 Å². The number of aryl methyl sites for hydroxylation is 1. The van der Waals surface area contributed by atoms with E-state index >= 15 is 0 Å². The molecular formula is C21H24O2. The first-order valence-electron chi connectivity index (χ1n) is 8.12. The highest BCUT2D eigenvalue weighted by Crippen LogP contribution is 2.32. The molecule has 0 amide bonds. The fourth-order valence-corrected chi connectivity index (χ4v) is 2.74. The minimum absolute atomic E-state index is 0.0196. The molecule has 0 heterocycles. The molecule has 2 nitrogen and oxygen atoms in total. The van der Waals surface area contributed by atoms with Crippen LogP contribution in [0.4, 0.5) is 0 Å². The average Bonchev–Trinajstić information content (AvgIpc) is 2.53. The lowest BCUT2D eigenvalue weighted by atomic mass is 9.83. The van der Waals surface area contributed by atoms with Crippen molar-refractivity contribution in [1.29, 1.82) is 0 Å². The van der Waals surface area contributed by atoms with Gasteiger partial charge >= 0.3 is 0 Å². The van der Waals surface area contributed by atoms with Crippen molar-refractivity contribution in [2.75, 3.05) is 0 Å². The molecule has 0 fully saturated rings. The van der Waals surface area contributed by atoms with E-state index in [0.29, 0.717) is 11.1 Å². The van der Waals surface area contributed by atoms with Gasteiger partial charge in [-0.1, -0.05) is 70.2 Å². The second kappa shape index (κ2) is 6.91. The number of ketones is 2. The summed E-state index contributed by atoms with van der Waals surface area (Å²) in [5.41, 5.74) is 4.00. The summed E-state index contributed by atoms with van der Waals surface area (Å²) < 4.78 is 0. The van der Waals surface area contributed by atoms with Crippen LogP contribution in [0.3, 0.4) is 0 Å². The number of Topliss-reactive ketones (excluding diaryl/α,β-unsaturated/α-hetero) is 2. The topological polar surface area (TPSA) is 34.1 Å². The minimum Gasteiger partial charge on any atom is -0.294 e. The van der Waals surface area contributed by atoms with E-state index in [0.717, 1.165) is 16.7 Å². The van der Waals surface area contributed by atoms with Crippen LogP contribution in [0.15, 0.2) is 42.5 Å². The number of rotatable bonds is 5. The first-order chi connectivity index (χ1) is 10.8. The maximum Gasteiger partial charge on any atom is 0.166 e. The molecule has 0 aromatic heterocycles. The maximum atomic E-state index is 12.9. The zero-order valence-electron chi connectivity index (χ0n) is 14.5. The molecule has 0 saturated carbocycles. The molecule has 120 valence electrons. The van der Waals surface area contributed by atoms with Gasteiger partial charge in [0.1, 0.15) is 0 Å². The van der Waals surface area contributed by atoms with Crippen LogP contribution in [0, 0.1) is 18.8 Å². The Hall–Kier alpha value is -2.22. The summed E-state index contributed by atoms with van der Waals surface area (Å²) in [4.78, 5) is 25.5. The molecule has 23 heavy (non-hydrogen) atoms. The van der Waals surface area contributed by atoms with E-state index in [4.69, 9.17) is 0 Å². The van der Waals surface area contributed by atoms with Crippen molar-refractivity contribution in [3.8, 4) is 11.1 Å². The van der Waals surface area contributed by atoms with Gasteiger partial charge in [-0.25, -0.2) is 0 Å². The van der Waals surface area contributed by atoms with E-state index in [1.54, 1.807) is 6.07 Å². The first kappa shape index (κ1) is 17.1. The second-order valence-electron chi connectivity index (χ2n) is 6.58. The second-order valence-corrected chi connectivity index (χ2v) is 6.58. The largest absolute Gasteiger partial charge is 0.294 e. The van der Waals surface area contributed by atoms with Crippen LogP contribution >= 0.6 is 0 Å². The monoisotopic (exact) mass is 308 g/mol. The van der Waals surface area contributed by atoms with Crippen molar-refractivity contribution < 1.29 is 9.59 Å². The molecule has 0 aliphatic heterocycles. The third-order valence-corrected chi connectivity index (χ3v) is 4.04. The molecule has 2 aromatic rings. The molecular weight excluding hydrogens is 284 g/mol. The summed E-state index contributed by atoms with van der Waals surface area (Å²) in [5.74, 6) is -0.249. The standard InChI is InChI=1S/C21H24O2/c1-13(2)20(22)17-12-11-15(5)18(16-9-7-6-8-10-16)19(17)21(23)14(3)4/h6-14H,1-5H3. The third kappa shape index (κ3) is 3.42. The normalized spacial score (nSPS) is 11.1. The van der Waals surface area contributed by atoms with Crippen LogP contribution < -0.4 is 0 Å². The van der Waals surface area contributed by atoms with Crippen LogP contribution in [0.5, 0.6) is 0 Å². The van der Waals surface area contributed by atoms with Gasteiger partial charge in [0, 0.05) is 23.0 Å². The van der Waals surface area contributed by atoms with E-state index in [1.165, 1.54) is 0 Å². The zero-order chi connectivity index (χ0) is 17.1. The summed E-state index contributed by atoms with van der Waals surface area (Å²) >= 11 is 0. The predicted molar refractivity (Wildman–Crippen MR) is 95.0 cm³/mol. The van der Waals surface area contributed by atoms with Crippen LogP contribution in [0.2, 0.25) is 0 Å². The molecule has 0 aliphatic rings. The summed E-state index contributed by atoms with van der Waals surface area (Å²) in [6, 6.07) is 13.6. The van der Waals surface area contributed by atoms with Crippen LogP contribution in [0.25, 0.3) is 11.1 Å². The lowest BCUT2D eigenvalue weighted by Gasteiger charge is -2.19. The highest BCUT2D eigenvalue weighted by atomic mass is 16.1. The maximum absolute atomic E-state index is 12.9. The van der Waals surface area contributed by atoms with Crippen molar-refractivity contribution in [2.45, 2.75) is 34.6 Å². The summed E-state index contributed by atoms with van der Waals surface area (Å²) in [5, 5.41) is 0. The smallest absolute Gasteiger partial charge is 0.166 e. The Morgan fingerprint density at radius 1 is 0.783 bits per heavy atom. The first-order valence-corrected chi connectivity index (χ1v) is 8.12. The van der Waals surface area contributed by atoms with Gasteiger partial charge in [-0.3, -0.25) is 9.59 Å². The van der Waals surface area contributed by atoms with Gasteiger partial charge in [0.15, 0.2) is 11.6 Å². The van der Waals surface area contributed by atoms with Crippen molar-refractivity contribution in [3.05, 3.63) is 59.2 Å². The van der Waals surface area contributed by atoms with Gasteiger partial charge in [-0.2, -0.15) is 0 Å². The lowest BCUT2D eigenvalue weighted by Crippen LogP contribution is -2.18. The van der Waals surface area contributed by atoms with Gasteiger partial charge in [-0.15, -0.1) is 0 Å². The minimum atomic E-state index is -0.155. The molecule has 2 heteroatoms. The molecule has 0 saturated heterocycles. The van der Waals surface area contributed by atoms with E-state index < -0.39 is 0 Å². The molecule has 0 spiro atoms. The Kier molecular flexibility index (Phi) is 5.15. The predicted octanol–water partition coefficient (Wildman–Crippen LogP) is 5.34. The lowest BCUT2D eigenvalue weighted by molar-refractivity contribution is 0.0906. The molecule has 0 radical (unpaired) electrons. The summed E-state index contributed by atoms with van der Waals surface area (Å²) in [6.07, 6.45) is 0. The number of benzene rings is 2. The van der Waals surface area contributed by atoms with Crippen molar-refractivity contribution in [1.82, 2.24) is 0 Å². The molecule has 0 aliphatic carbocycles. The SMILES string of the molecule is Cc1ccc(C(=O)C(C)C)c(C(=O)C(C)C)c1-c1ccccc1. The summed E-state index contributed by atoms with van der Waals surface area (Å²) in [6.45, 7) is 9.48. The highest BCUT2D eigenvalue weighted by Gasteiger charge is 2.25. The van der Waals surface area contributed by atoms with Crippen LogP contribution in [0.1, 0.15) is 54.0 Å².